The van der Waals surface area contributed by atoms with Crippen molar-refractivity contribution in [1.82, 2.24) is 0 Å². The largest absolute Gasteiger partial charge is 0.330 e. The molecule has 0 saturated carbocycles. The third-order valence-corrected chi connectivity index (χ3v) is 4.17. The minimum atomic E-state index is -1.45. The minimum Gasteiger partial charge on any atom is -0.330 e. The summed E-state index contributed by atoms with van der Waals surface area (Å²) >= 11 is 1.27. The minimum absolute atomic E-state index is 0.0224. The van der Waals surface area contributed by atoms with E-state index in [1.165, 1.54) is 11.8 Å². The standard InChI is InChI=1S/C14H16F4N2S/c1-14(2,3)9-4-5-21-13(19-9)20-12-10(17)7(15)6-8(16)11(12)18/h6,9H,4-5H2,1-3H3,(H,19,20). The van der Waals surface area contributed by atoms with E-state index in [9.17, 15) is 17.6 Å². The lowest BCUT2D eigenvalue weighted by Crippen LogP contribution is -2.31. The van der Waals surface area contributed by atoms with Crippen LogP contribution in [-0.4, -0.2) is 17.0 Å². The maximum atomic E-state index is 13.6. The molecule has 0 radical (unpaired) electrons. The van der Waals surface area contributed by atoms with Gasteiger partial charge in [-0.25, -0.2) is 17.6 Å². The number of nitrogens with zero attached hydrogens (tertiary/aromatic N) is 1. The summed E-state index contributed by atoms with van der Waals surface area (Å²) in [6.45, 7) is 6.04. The second-order valence-corrected chi connectivity index (χ2v) is 7.01. The molecule has 1 atom stereocenters. The Hall–Kier alpha value is -1.24. The van der Waals surface area contributed by atoms with Crippen molar-refractivity contribution >= 4 is 22.6 Å². The number of nitrogens with one attached hydrogen (secondary N) is 1. The molecule has 116 valence electrons. The lowest BCUT2D eigenvalue weighted by atomic mass is 9.85. The molecule has 0 aliphatic carbocycles. The summed E-state index contributed by atoms with van der Waals surface area (Å²) in [6, 6.07) is 0.162. The number of aliphatic imine (C=N–C) groups is 1. The van der Waals surface area contributed by atoms with Crippen LogP contribution in [0, 0.1) is 28.7 Å². The van der Waals surface area contributed by atoms with Crippen LogP contribution >= 0.6 is 11.8 Å². The predicted octanol–water partition coefficient (Wildman–Crippen LogP) is 4.56. The van der Waals surface area contributed by atoms with Gasteiger partial charge in [-0.05, 0) is 11.8 Å². The summed E-state index contributed by atoms with van der Waals surface area (Å²) in [5.41, 5.74) is -0.939. The van der Waals surface area contributed by atoms with Crippen molar-refractivity contribution in [1.29, 1.82) is 0 Å². The fourth-order valence-corrected chi connectivity index (χ4v) is 2.91. The molecule has 2 rings (SSSR count). The summed E-state index contributed by atoms with van der Waals surface area (Å²) in [4.78, 5) is 4.38. The molecule has 0 bridgehead atoms. The van der Waals surface area contributed by atoms with Gasteiger partial charge < -0.3 is 5.32 Å². The van der Waals surface area contributed by atoms with Crippen molar-refractivity contribution in [2.75, 3.05) is 11.1 Å². The van der Waals surface area contributed by atoms with E-state index in [1.54, 1.807) is 0 Å². The van der Waals surface area contributed by atoms with Crippen molar-refractivity contribution in [2.45, 2.75) is 33.2 Å². The molecule has 21 heavy (non-hydrogen) atoms. The molecule has 1 aliphatic heterocycles. The van der Waals surface area contributed by atoms with Crippen LogP contribution in [0.25, 0.3) is 0 Å². The topological polar surface area (TPSA) is 24.4 Å². The van der Waals surface area contributed by atoms with E-state index < -0.39 is 29.0 Å². The van der Waals surface area contributed by atoms with Gasteiger partial charge in [0.2, 0.25) is 0 Å². The first kappa shape index (κ1) is 16.1. The summed E-state index contributed by atoms with van der Waals surface area (Å²) in [7, 11) is 0. The van der Waals surface area contributed by atoms with Gasteiger partial charge >= 0.3 is 0 Å². The molecule has 0 amide bonds. The summed E-state index contributed by atoms with van der Waals surface area (Å²) < 4.78 is 53.6. The van der Waals surface area contributed by atoms with Crippen molar-refractivity contribution in [3.8, 4) is 0 Å². The first-order chi connectivity index (χ1) is 9.70. The lowest BCUT2D eigenvalue weighted by Gasteiger charge is -2.31. The van der Waals surface area contributed by atoms with Gasteiger partial charge in [0, 0.05) is 11.8 Å². The molecule has 1 aromatic rings. The number of rotatable bonds is 1. The Balaban J connectivity index is 2.32. The van der Waals surface area contributed by atoms with Crippen LogP contribution in [0.1, 0.15) is 27.2 Å². The Morgan fingerprint density at radius 2 is 1.71 bits per heavy atom. The maximum absolute atomic E-state index is 13.6. The number of hydrogen-bond donors (Lipinski definition) is 1. The van der Waals surface area contributed by atoms with Gasteiger partial charge in [0.25, 0.3) is 0 Å². The number of hydrogen-bond acceptors (Lipinski definition) is 3. The van der Waals surface area contributed by atoms with E-state index in [0.29, 0.717) is 0 Å². The van der Waals surface area contributed by atoms with Crippen LogP contribution < -0.4 is 5.32 Å². The van der Waals surface area contributed by atoms with Crippen LogP contribution in [0.2, 0.25) is 0 Å². The third kappa shape index (κ3) is 3.51. The number of anilines is 1. The Morgan fingerprint density at radius 1 is 1.14 bits per heavy atom. The average molecular weight is 320 g/mol. The maximum Gasteiger partial charge on any atom is 0.185 e. The zero-order valence-electron chi connectivity index (χ0n) is 11.9. The molecular weight excluding hydrogens is 304 g/mol. The van der Waals surface area contributed by atoms with Gasteiger partial charge in [0.1, 0.15) is 5.69 Å². The highest BCUT2D eigenvalue weighted by atomic mass is 32.2. The van der Waals surface area contributed by atoms with E-state index in [2.05, 4.69) is 10.3 Å². The molecule has 1 aliphatic rings. The number of thioether (sulfide) groups is 1. The Bertz CT molecular complexity index is 555. The molecule has 1 heterocycles. The fourth-order valence-electron chi connectivity index (χ4n) is 2.00. The molecular formula is C14H16F4N2S. The SMILES string of the molecule is CC(C)(C)C1CCSC(Nc2c(F)c(F)cc(F)c2F)=N1. The Labute approximate surface area is 125 Å². The second-order valence-electron chi connectivity index (χ2n) is 5.92. The molecule has 2 nitrogen and oxygen atoms in total. The second kappa shape index (κ2) is 5.87. The number of amidine groups is 1. The Kier molecular flexibility index (Phi) is 4.51. The van der Waals surface area contributed by atoms with Gasteiger partial charge in [-0.3, -0.25) is 4.99 Å². The number of halogens is 4. The van der Waals surface area contributed by atoms with Crippen LogP contribution in [0.5, 0.6) is 0 Å². The monoisotopic (exact) mass is 320 g/mol. The molecule has 0 fully saturated rings. The molecule has 0 spiro atoms. The molecule has 1 N–H and O–H groups in total. The van der Waals surface area contributed by atoms with Gasteiger partial charge in [-0.15, -0.1) is 0 Å². The van der Waals surface area contributed by atoms with Crippen LogP contribution in [0.3, 0.4) is 0 Å². The van der Waals surface area contributed by atoms with Gasteiger partial charge in [0.05, 0.1) is 6.04 Å². The highest BCUT2D eigenvalue weighted by Crippen LogP contribution is 2.32. The first-order valence-corrected chi connectivity index (χ1v) is 7.49. The quantitative estimate of drug-likeness (QED) is 0.606. The van der Waals surface area contributed by atoms with E-state index in [4.69, 9.17) is 0 Å². The lowest BCUT2D eigenvalue weighted by molar-refractivity contribution is 0.316. The van der Waals surface area contributed by atoms with Gasteiger partial charge in [0.15, 0.2) is 28.4 Å². The first-order valence-electron chi connectivity index (χ1n) is 6.50. The fraction of sp³-hybridized carbons (Fsp3) is 0.500. The molecule has 1 unspecified atom stereocenters. The van der Waals surface area contributed by atoms with Crippen molar-refractivity contribution < 1.29 is 17.6 Å². The smallest absolute Gasteiger partial charge is 0.185 e. The third-order valence-electron chi connectivity index (χ3n) is 3.25. The zero-order chi connectivity index (χ0) is 15.8. The molecule has 0 aromatic heterocycles. The van der Waals surface area contributed by atoms with Crippen molar-refractivity contribution in [2.24, 2.45) is 10.4 Å². The normalized spacial score (nSPS) is 19.4. The van der Waals surface area contributed by atoms with Crippen LogP contribution in [-0.2, 0) is 0 Å². The van der Waals surface area contributed by atoms with E-state index in [1.807, 2.05) is 20.8 Å². The van der Waals surface area contributed by atoms with E-state index in [-0.39, 0.29) is 22.7 Å². The molecule has 0 saturated heterocycles. The predicted molar refractivity (Wildman–Crippen MR) is 77.6 cm³/mol. The summed E-state index contributed by atoms with van der Waals surface area (Å²) in [6.07, 6.45) is 0.835. The van der Waals surface area contributed by atoms with Gasteiger partial charge in [-0.2, -0.15) is 0 Å². The highest BCUT2D eigenvalue weighted by molar-refractivity contribution is 8.14. The van der Waals surface area contributed by atoms with E-state index in [0.717, 1.165) is 12.2 Å². The summed E-state index contributed by atoms with van der Waals surface area (Å²) in [5, 5.41) is 2.65. The van der Waals surface area contributed by atoms with Crippen LogP contribution in [0.15, 0.2) is 11.1 Å². The van der Waals surface area contributed by atoms with Crippen molar-refractivity contribution in [3.63, 3.8) is 0 Å². The number of benzene rings is 1. The molecule has 7 heteroatoms. The van der Waals surface area contributed by atoms with Crippen LogP contribution in [0.4, 0.5) is 23.2 Å². The average Bonchev–Trinajstić information content (AvgIpc) is 2.41. The molecule has 1 aromatic carbocycles. The zero-order valence-corrected chi connectivity index (χ0v) is 12.8. The highest BCUT2D eigenvalue weighted by Gasteiger charge is 2.28. The Morgan fingerprint density at radius 3 is 2.24 bits per heavy atom. The summed E-state index contributed by atoms with van der Waals surface area (Å²) in [5.74, 6) is -5.06. The van der Waals surface area contributed by atoms with Gasteiger partial charge in [-0.1, -0.05) is 32.5 Å². The van der Waals surface area contributed by atoms with E-state index >= 15 is 0 Å². The van der Waals surface area contributed by atoms with Crippen molar-refractivity contribution in [3.05, 3.63) is 29.3 Å².